The smallest absolute Gasteiger partial charge is 0.0678 e. The Balaban J connectivity index is 2.51. The molecule has 1 atom stereocenters. The van der Waals surface area contributed by atoms with Gasteiger partial charge in [-0.1, -0.05) is 6.58 Å². The molecule has 0 aromatic heterocycles. The fraction of sp³-hybridized carbons (Fsp3) is 0.571. The lowest BCUT2D eigenvalue weighted by Gasteiger charge is -2.06. The van der Waals surface area contributed by atoms with Gasteiger partial charge in [-0.25, -0.2) is 0 Å². The highest BCUT2D eigenvalue weighted by Gasteiger charge is 2.15. The number of nitrogens with one attached hydrogen (secondary N) is 1. The van der Waals surface area contributed by atoms with Crippen molar-refractivity contribution in [1.29, 1.82) is 0 Å². The molecule has 1 aliphatic heterocycles. The number of hydrogen-bond donors (Lipinski definition) is 2. The van der Waals surface area contributed by atoms with Crippen LogP contribution < -0.4 is 11.1 Å². The van der Waals surface area contributed by atoms with Crippen LogP contribution in [0.3, 0.4) is 0 Å². The van der Waals surface area contributed by atoms with Gasteiger partial charge in [0.05, 0.1) is 11.7 Å². The average Bonchev–Trinajstić information content (AvgIpc) is 2.37. The predicted molar refractivity (Wildman–Crippen MR) is 37.9 cm³/mol. The SMILES string of the molecule is C=C=C(N)[C@@H]1CCCN1. The summed E-state index contributed by atoms with van der Waals surface area (Å²) in [6, 6.07) is 0.350. The molecular weight excluding hydrogens is 112 g/mol. The molecule has 0 amide bonds. The molecule has 50 valence electrons. The van der Waals surface area contributed by atoms with Crippen LogP contribution in [-0.2, 0) is 0 Å². The third kappa shape index (κ3) is 1.35. The summed E-state index contributed by atoms with van der Waals surface area (Å²) in [7, 11) is 0. The standard InChI is InChI=1S/C7H12N2/c1-2-6(8)7-4-3-5-9-7/h7,9H,1,3-5,8H2/t7-/m0/s1. The van der Waals surface area contributed by atoms with Crippen LogP contribution in [0.15, 0.2) is 18.0 Å². The Morgan fingerprint density at radius 3 is 3.00 bits per heavy atom. The Morgan fingerprint density at radius 2 is 2.56 bits per heavy atom. The summed E-state index contributed by atoms with van der Waals surface area (Å²) in [6.45, 7) is 4.55. The van der Waals surface area contributed by atoms with Crippen LogP contribution in [0.1, 0.15) is 12.8 Å². The van der Waals surface area contributed by atoms with Crippen molar-refractivity contribution in [1.82, 2.24) is 5.32 Å². The summed E-state index contributed by atoms with van der Waals surface area (Å²) >= 11 is 0. The summed E-state index contributed by atoms with van der Waals surface area (Å²) in [5.74, 6) is 0. The van der Waals surface area contributed by atoms with E-state index in [1.54, 1.807) is 0 Å². The lowest BCUT2D eigenvalue weighted by molar-refractivity contribution is 0.683. The molecule has 1 saturated heterocycles. The molecule has 0 aromatic carbocycles. The van der Waals surface area contributed by atoms with Gasteiger partial charge in [0.2, 0.25) is 0 Å². The van der Waals surface area contributed by atoms with Crippen molar-refractivity contribution in [2.24, 2.45) is 5.73 Å². The van der Waals surface area contributed by atoms with Crippen LogP contribution in [-0.4, -0.2) is 12.6 Å². The van der Waals surface area contributed by atoms with Gasteiger partial charge in [0.25, 0.3) is 0 Å². The topological polar surface area (TPSA) is 38.0 Å². The molecule has 0 unspecified atom stereocenters. The van der Waals surface area contributed by atoms with Gasteiger partial charge >= 0.3 is 0 Å². The van der Waals surface area contributed by atoms with E-state index in [1.807, 2.05) is 0 Å². The van der Waals surface area contributed by atoms with Crippen LogP contribution in [0.4, 0.5) is 0 Å². The molecule has 9 heavy (non-hydrogen) atoms. The molecular formula is C7H12N2. The van der Waals surface area contributed by atoms with E-state index in [4.69, 9.17) is 5.73 Å². The van der Waals surface area contributed by atoms with Crippen molar-refractivity contribution >= 4 is 0 Å². The molecule has 0 spiro atoms. The van der Waals surface area contributed by atoms with E-state index in [-0.39, 0.29) is 0 Å². The van der Waals surface area contributed by atoms with Crippen LogP contribution in [0.25, 0.3) is 0 Å². The lowest BCUT2D eigenvalue weighted by Crippen LogP contribution is -2.27. The molecule has 2 heteroatoms. The predicted octanol–water partition coefficient (Wildman–Crippen LogP) is 0.366. The van der Waals surface area contributed by atoms with Gasteiger partial charge in [0.1, 0.15) is 0 Å². The van der Waals surface area contributed by atoms with E-state index in [1.165, 1.54) is 6.42 Å². The van der Waals surface area contributed by atoms with Crippen molar-refractivity contribution in [3.63, 3.8) is 0 Å². The van der Waals surface area contributed by atoms with Gasteiger partial charge in [-0.3, -0.25) is 0 Å². The van der Waals surface area contributed by atoms with Crippen LogP contribution in [0.5, 0.6) is 0 Å². The first-order valence-corrected chi connectivity index (χ1v) is 3.23. The van der Waals surface area contributed by atoms with Crippen molar-refractivity contribution < 1.29 is 0 Å². The summed E-state index contributed by atoms with van der Waals surface area (Å²) in [5, 5.41) is 3.24. The minimum absolute atomic E-state index is 0.350. The Kier molecular flexibility index (Phi) is 1.93. The first-order chi connectivity index (χ1) is 4.34. The Bertz CT molecular complexity index is 139. The third-order valence-electron chi connectivity index (χ3n) is 1.64. The third-order valence-corrected chi connectivity index (χ3v) is 1.64. The first kappa shape index (κ1) is 6.40. The molecule has 0 aromatic rings. The van der Waals surface area contributed by atoms with Crippen molar-refractivity contribution in [2.75, 3.05) is 6.54 Å². The summed E-state index contributed by atoms with van der Waals surface area (Å²) in [4.78, 5) is 0. The van der Waals surface area contributed by atoms with Gasteiger partial charge < -0.3 is 11.1 Å². The fourth-order valence-electron chi connectivity index (χ4n) is 1.07. The van der Waals surface area contributed by atoms with Gasteiger partial charge in [-0.15, -0.1) is 5.73 Å². The molecule has 0 bridgehead atoms. The van der Waals surface area contributed by atoms with Gasteiger partial charge in [0, 0.05) is 0 Å². The Hall–Kier alpha value is -0.720. The molecule has 1 aliphatic rings. The quantitative estimate of drug-likeness (QED) is 0.495. The van der Waals surface area contributed by atoms with E-state index in [0.29, 0.717) is 6.04 Å². The zero-order valence-electron chi connectivity index (χ0n) is 5.48. The Morgan fingerprint density at radius 1 is 1.78 bits per heavy atom. The molecule has 1 heterocycles. The summed E-state index contributed by atoms with van der Waals surface area (Å²) < 4.78 is 0. The Labute approximate surface area is 55.4 Å². The average molecular weight is 124 g/mol. The minimum Gasteiger partial charge on any atom is -0.394 e. The number of hydrogen-bond acceptors (Lipinski definition) is 2. The second-order valence-electron chi connectivity index (χ2n) is 2.28. The fourth-order valence-corrected chi connectivity index (χ4v) is 1.07. The summed E-state index contributed by atoms with van der Waals surface area (Å²) in [5.41, 5.74) is 9.00. The van der Waals surface area contributed by atoms with E-state index in [2.05, 4.69) is 17.6 Å². The maximum absolute atomic E-state index is 5.56. The highest BCUT2D eigenvalue weighted by atomic mass is 15.0. The van der Waals surface area contributed by atoms with Crippen LogP contribution >= 0.6 is 0 Å². The lowest BCUT2D eigenvalue weighted by atomic mass is 10.2. The zero-order chi connectivity index (χ0) is 6.69. The van der Waals surface area contributed by atoms with E-state index in [9.17, 15) is 0 Å². The largest absolute Gasteiger partial charge is 0.394 e. The number of rotatable bonds is 1. The maximum atomic E-state index is 5.56. The maximum Gasteiger partial charge on any atom is 0.0678 e. The molecule has 0 aliphatic carbocycles. The van der Waals surface area contributed by atoms with E-state index < -0.39 is 0 Å². The molecule has 1 fully saturated rings. The highest BCUT2D eigenvalue weighted by Crippen LogP contribution is 2.08. The number of nitrogens with two attached hydrogens (primary N) is 1. The van der Waals surface area contributed by atoms with Gasteiger partial charge in [-0.05, 0) is 19.4 Å². The monoisotopic (exact) mass is 124 g/mol. The van der Waals surface area contributed by atoms with Crippen molar-refractivity contribution in [3.8, 4) is 0 Å². The van der Waals surface area contributed by atoms with Gasteiger partial charge in [-0.2, -0.15) is 0 Å². The molecule has 2 nitrogen and oxygen atoms in total. The molecule has 3 N–H and O–H groups in total. The zero-order valence-corrected chi connectivity index (χ0v) is 5.48. The second-order valence-corrected chi connectivity index (χ2v) is 2.28. The van der Waals surface area contributed by atoms with Crippen molar-refractivity contribution in [3.05, 3.63) is 18.0 Å². The van der Waals surface area contributed by atoms with Crippen molar-refractivity contribution in [2.45, 2.75) is 18.9 Å². The molecule has 0 radical (unpaired) electrons. The first-order valence-electron chi connectivity index (χ1n) is 3.23. The highest BCUT2D eigenvalue weighted by molar-refractivity contribution is 5.05. The summed E-state index contributed by atoms with van der Waals surface area (Å²) in [6.07, 6.45) is 2.35. The van der Waals surface area contributed by atoms with Crippen LogP contribution in [0.2, 0.25) is 0 Å². The molecule has 0 saturated carbocycles. The molecule has 1 rings (SSSR count). The minimum atomic E-state index is 0.350. The second kappa shape index (κ2) is 2.72. The van der Waals surface area contributed by atoms with Crippen LogP contribution in [0, 0.1) is 0 Å². The normalized spacial score (nSPS) is 25.6. The van der Waals surface area contributed by atoms with E-state index in [0.717, 1.165) is 18.7 Å². The van der Waals surface area contributed by atoms with Gasteiger partial charge in [0.15, 0.2) is 0 Å². The van der Waals surface area contributed by atoms with E-state index >= 15 is 0 Å².